The highest BCUT2D eigenvalue weighted by molar-refractivity contribution is 6.32. The van der Waals surface area contributed by atoms with Crippen LogP contribution in [-0.2, 0) is 9.59 Å². The fraction of sp³-hybridized carbons (Fsp3) is 0.357. The number of nitrogens with one attached hydrogen (secondary N) is 3. The van der Waals surface area contributed by atoms with Crippen molar-refractivity contribution in [3.63, 3.8) is 0 Å². The Balaban J connectivity index is 2.97. The first-order chi connectivity index (χ1) is 10.3. The summed E-state index contributed by atoms with van der Waals surface area (Å²) in [5.74, 6) is -1.04. The number of aliphatic hydroxyl groups is 1. The summed E-state index contributed by atoms with van der Waals surface area (Å²) in [4.78, 5) is 22.8. The van der Waals surface area contributed by atoms with Crippen LogP contribution in [0.4, 0.5) is 5.69 Å². The van der Waals surface area contributed by atoms with Crippen molar-refractivity contribution in [2.24, 2.45) is 0 Å². The Kier molecular flexibility index (Phi) is 6.16. The third-order valence-corrected chi connectivity index (χ3v) is 3.43. The number of carbonyl (C=O) groups excluding carboxylic acids is 2. The zero-order chi connectivity index (χ0) is 16.9. The van der Waals surface area contributed by atoms with Gasteiger partial charge < -0.3 is 10.4 Å². The molecular formula is C14H17ClN4O3. The number of hydrazine groups is 1. The fourth-order valence-electron chi connectivity index (χ4n) is 1.73. The standard InChI is InChI=1S/C14H17ClN4O3/c1-7-11(5-4-10(6-16)12(7)15)17-13(8(2)20)14(22)19-18-9(3)21/h4-5,8,13,17,20H,1-3H3,(H,18,21)(H,19,22). The first-order valence-electron chi connectivity index (χ1n) is 6.48. The Labute approximate surface area is 133 Å². The summed E-state index contributed by atoms with van der Waals surface area (Å²) in [6, 6.07) is 4.07. The second-order valence-corrected chi connectivity index (χ2v) is 5.12. The van der Waals surface area contributed by atoms with Crippen LogP contribution in [-0.4, -0.2) is 29.1 Å². The van der Waals surface area contributed by atoms with Crippen molar-refractivity contribution in [1.82, 2.24) is 10.9 Å². The molecule has 1 rings (SSSR count). The predicted octanol–water partition coefficient (Wildman–Crippen LogP) is 0.849. The smallest absolute Gasteiger partial charge is 0.263 e. The van der Waals surface area contributed by atoms with E-state index in [4.69, 9.17) is 16.9 Å². The van der Waals surface area contributed by atoms with E-state index in [0.29, 0.717) is 16.8 Å². The minimum Gasteiger partial charge on any atom is -0.391 e. The molecule has 2 atom stereocenters. The van der Waals surface area contributed by atoms with Crippen LogP contribution in [0.2, 0.25) is 5.02 Å². The van der Waals surface area contributed by atoms with Crippen molar-refractivity contribution in [2.45, 2.75) is 32.9 Å². The molecule has 0 fully saturated rings. The van der Waals surface area contributed by atoms with Crippen LogP contribution in [0.5, 0.6) is 0 Å². The van der Waals surface area contributed by atoms with Gasteiger partial charge in [-0.25, -0.2) is 0 Å². The number of anilines is 1. The van der Waals surface area contributed by atoms with Crippen LogP contribution in [0.1, 0.15) is 25.0 Å². The third kappa shape index (κ3) is 4.35. The van der Waals surface area contributed by atoms with Gasteiger partial charge in [-0.2, -0.15) is 5.26 Å². The van der Waals surface area contributed by atoms with Crippen molar-refractivity contribution in [1.29, 1.82) is 5.26 Å². The van der Waals surface area contributed by atoms with Gasteiger partial charge in [-0.3, -0.25) is 20.4 Å². The molecule has 8 heteroatoms. The summed E-state index contributed by atoms with van der Waals surface area (Å²) >= 11 is 6.06. The van der Waals surface area contributed by atoms with E-state index >= 15 is 0 Å². The molecule has 2 unspecified atom stereocenters. The number of hydrogen-bond acceptors (Lipinski definition) is 5. The molecule has 7 nitrogen and oxygen atoms in total. The van der Waals surface area contributed by atoms with Crippen LogP contribution in [0.15, 0.2) is 12.1 Å². The molecule has 0 aliphatic rings. The average Bonchev–Trinajstić information content (AvgIpc) is 2.46. The average molecular weight is 325 g/mol. The fourth-order valence-corrected chi connectivity index (χ4v) is 1.93. The van der Waals surface area contributed by atoms with E-state index < -0.39 is 24.0 Å². The Hall–Kier alpha value is -2.30. The number of nitrogens with zero attached hydrogens (tertiary/aromatic N) is 1. The lowest BCUT2D eigenvalue weighted by molar-refractivity contribution is -0.129. The maximum atomic E-state index is 12.0. The molecule has 0 aliphatic heterocycles. The van der Waals surface area contributed by atoms with Crippen molar-refractivity contribution < 1.29 is 14.7 Å². The van der Waals surface area contributed by atoms with Crippen LogP contribution >= 0.6 is 11.6 Å². The van der Waals surface area contributed by atoms with E-state index in [1.54, 1.807) is 13.0 Å². The van der Waals surface area contributed by atoms with Crippen molar-refractivity contribution in [3.8, 4) is 6.07 Å². The van der Waals surface area contributed by atoms with Crippen LogP contribution in [0, 0.1) is 18.3 Å². The van der Waals surface area contributed by atoms with Gasteiger partial charge in [-0.1, -0.05) is 11.6 Å². The lowest BCUT2D eigenvalue weighted by Gasteiger charge is -2.23. The molecular weight excluding hydrogens is 308 g/mol. The topological polar surface area (TPSA) is 114 Å². The molecule has 0 heterocycles. The lowest BCUT2D eigenvalue weighted by atomic mass is 10.1. The second-order valence-electron chi connectivity index (χ2n) is 4.74. The highest BCUT2D eigenvalue weighted by Crippen LogP contribution is 2.27. The number of hydrogen-bond donors (Lipinski definition) is 4. The number of amides is 2. The number of benzene rings is 1. The summed E-state index contributed by atoms with van der Waals surface area (Å²) in [6.45, 7) is 4.37. The summed E-state index contributed by atoms with van der Waals surface area (Å²) < 4.78 is 0. The van der Waals surface area contributed by atoms with Crippen molar-refractivity contribution in [2.75, 3.05) is 5.32 Å². The molecule has 0 saturated heterocycles. The highest BCUT2D eigenvalue weighted by Gasteiger charge is 2.24. The van der Waals surface area contributed by atoms with Gasteiger partial charge in [0.2, 0.25) is 5.91 Å². The van der Waals surface area contributed by atoms with E-state index in [1.807, 2.05) is 6.07 Å². The molecule has 22 heavy (non-hydrogen) atoms. The lowest BCUT2D eigenvalue weighted by Crippen LogP contribution is -2.51. The molecule has 0 spiro atoms. The number of halogens is 1. The van der Waals surface area contributed by atoms with Gasteiger partial charge in [0.05, 0.1) is 16.7 Å². The molecule has 118 valence electrons. The maximum Gasteiger partial charge on any atom is 0.263 e. The summed E-state index contributed by atoms with van der Waals surface area (Å²) in [5.41, 5.74) is 5.76. The van der Waals surface area contributed by atoms with E-state index in [9.17, 15) is 14.7 Å². The van der Waals surface area contributed by atoms with Gasteiger partial charge in [0.15, 0.2) is 0 Å². The van der Waals surface area contributed by atoms with Gasteiger partial charge in [-0.05, 0) is 31.5 Å². The summed E-state index contributed by atoms with van der Waals surface area (Å²) in [6.07, 6.45) is -1.03. The Morgan fingerprint density at radius 1 is 1.36 bits per heavy atom. The number of aliphatic hydroxyl groups excluding tert-OH is 1. The quantitative estimate of drug-likeness (QED) is 0.613. The van der Waals surface area contributed by atoms with Gasteiger partial charge >= 0.3 is 0 Å². The SMILES string of the molecule is CC(=O)NNC(=O)C(Nc1ccc(C#N)c(Cl)c1C)C(C)O. The predicted molar refractivity (Wildman–Crippen MR) is 82.0 cm³/mol. The Bertz CT molecular complexity index is 625. The molecule has 4 N–H and O–H groups in total. The summed E-state index contributed by atoms with van der Waals surface area (Å²) in [7, 11) is 0. The molecule has 1 aromatic rings. The first kappa shape index (κ1) is 17.8. The van der Waals surface area contributed by atoms with E-state index in [0.717, 1.165) is 0 Å². The second kappa shape index (κ2) is 7.64. The Morgan fingerprint density at radius 2 is 2.00 bits per heavy atom. The van der Waals surface area contributed by atoms with Crippen LogP contribution in [0.25, 0.3) is 0 Å². The van der Waals surface area contributed by atoms with Crippen LogP contribution in [0.3, 0.4) is 0 Å². The van der Waals surface area contributed by atoms with E-state index in [-0.39, 0.29) is 5.02 Å². The van der Waals surface area contributed by atoms with Crippen molar-refractivity contribution in [3.05, 3.63) is 28.3 Å². The Morgan fingerprint density at radius 3 is 2.50 bits per heavy atom. The van der Waals surface area contributed by atoms with Gasteiger partial charge in [0.25, 0.3) is 5.91 Å². The van der Waals surface area contributed by atoms with Gasteiger partial charge in [-0.15, -0.1) is 0 Å². The summed E-state index contributed by atoms with van der Waals surface area (Å²) in [5, 5.41) is 21.8. The number of carbonyl (C=O) groups is 2. The molecule has 0 radical (unpaired) electrons. The zero-order valence-corrected chi connectivity index (χ0v) is 13.2. The maximum absolute atomic E-state index is 12.0. The van der Waals surface area contributed by atoms with Gasteiger partial charge in [0, 0.05) is 12.6 Å². The largest absolute Gasteiger partial charge is 0.391 e. The minimum absolute atomic E-state index is 0.277. The van der Waals surface area contributed by atoms with E-state index in [2.05, 4.69) is 16.2 Å². The first-order valence-corrected chi connectivity index (χ1v) is 6.86. The minimum atomic E-state index is -1.03. The molecule has 0 aromatic heterocycles. The normalized spacial score (nSPS) is 12.7. The monoisotopic (exact) mass is 324 g/mol. The molecule has 0 saturated carbocycles. The molecule has 1 aromatic carbocycles. The molecule has 0 bridgehead atoms. The zero-order valence-electron chi connectivity index (χ0n) is 12.4. The van der Waals surface area contributed by atoms with Gasteiger partial charge in [0.1, 0.15) is 12.1 Å². The number of nitriles is 1. The number of rotatable bonds is 4. The third-order valence-electron chi connectivity index (χ3n) is 2.94. The molecule has 0 aliphatic carbocycles. The van der Waals surface area contributed by atoms with Crippen LogP contribution < -0.4 is 16.2 Å². The molecule has 2 amide bonds. The van der Waals surface area contributed by atoms with Crippen molar-refractivity contribution >= 4 is 29.1 Å². The van der Waals surface area contributed by atoms with E-state index in [1.165, 1.54) is 19.9 Å². The highest BCUT2D eigenvalue weighted by atomic mass is 35.5.